The van der Waals surface area contributed by atoms with Crippen LogP contribution < -0.4 is 0 Å². The van der Waals surface area contributed by atoms with Crippen LogP contribution in [0.5, 0.6) is 0 Å². The van der Waals surface area contributed by atoms with E-state index in [0.29, 0.717) is 26.2 Å². The molecule has 0 aromatic rings. The minimum atomic E-state index is -1.04. The third kappa shape index (κ3) is 3.48. The molecule has 4 atom stereocenters. The number of hydrogen-bond donors (Lipinski definition) is 3. The lowest BCUT2D eigenvalue weighted by Gasteiger charge is -2.41. The summed E-state index contributed by atoms with van der Waals surface area (Å²) in [6.07, 6.45) is -2.63. The quantitative estimate of drug-likeness (QED) is 0.550. The van der Waals surface area contributed by atoms with E-state index in [4.69, 9.17) is 9.84 Å². The topological polar surface area (TPSA) is 93.5 Å². The number of ether oxygens (including phenoxy) is 1. The fourth-order valence-corrected chi connectivity index (χ4v) is 2.84. The summed E-state index contributed by atoms with van der Waals surface area (Å²) in [5.74, 6) is -0.0800. The number of amides is 1. The van der Waals surface area contributed by atoms with E-state index in [9.17, 15) is 15.0 Å². The van der Waals surface area contributed by atoms with Gasteiger partial charge < -0.3 is 25.0 Å². The molecule has 2 aliphatic heterocycles. The van der Waals surface area contributed by atoms with Gasteiger partial charge in [-0.1, -0.05) is 0 Å². The van der Waals surface area contributed by atoms with Gasteiger partial charge >= 0.3 is 0 Å². The van der Waals surface area contributed by atoms with Gasteiger partial charge in [0.25, 0.3) is 0 Å². The predicted octanol–water partition coefficient (Wildman–Crippen LogP) is -2.12. The zero-order valence-electron chi connectivity index (χ0n) is 11.8. The molecular formula is C13H24N2O5. The van der Waals surface area contributed by atoms with E-state index >= 15 is 0 Å². The SMILES string of the molecule is CC(=O)N1CCN(C[C@@H]2CO[C@H](CO)[C@H](O)[C@@H]2O)CC1. The molecule has 2 aliphatic rings. The normalized spacial score (nSPS) is 36.1. The number of carbonyl (C=O) groups excluding carboxylic acids is 1. The van der Waals surface area contributed by atoms with Crippen molar-refractivity contribution in [2.75, 3.05) is 45.9 Å². The summed E-state index contributed by atoms with van der Waals surface area (Å²) in [6.45, 7) is 5.16. The lowest BCUT2D eigenvalue weighted by Crippen LogP contribution is -2.56. The molecule has 3 N–H and O–H groups in total. The number of carbonyl (C=O) groups is 1. The van der Waals surface area contributed by atoms with Gasteiger partial charge in [-0.3, -0.25) is 9.69 Å². The van der Waals surface area contributed by atoms with Crippen LogP contribution in [0.25, 0.3) is 0 Å². The summed E-state index contributed by atoms with van der Waals surface area (Å²) < 4.78 is 5.37. The van der Waals surface area contributed by atoms with Crippen LogP contribution in [0.1, 0.15) is 6.92 Å². The van der Waals surface area contributed by atoms with Crippen LogP contribution in [-0.4, -0.2) is 95.3 Å². The number of hydrogen-bond acceptors (Lipinski definition) is 6. The Balaban J connectivity index is 1.81. The highest BCUT2D eigenvalue weighted by atomic mass is 16.5. The molecule has 0 aliphatic carbocycles. The lowest BCUT2D eigenvalue weighted by atomic mass is 9.92. The molecule has 0 aromatic heterocycles. The van der Waals surface area contributed by atoms with Gasteiger partial charge in [0.05, 0.1) is 19.3 Å². The maximum absolute atomic E-state index is 11.3. The molecule has 0 aromatic carbocycles. The summed E-state index contributed by atoms with van der Waals surface area (Å²) in [4.78, 5) is 15.2. The highest BCUT2D eigenvalue weighted by Crippen LogP contribution is 2.21. The van der Waals surface area contributed by atoms with Crippen LogP contribution in [0.4, 0.5) is 0 Å². The number of piperazine rings is 1. The Morgan fingerprint density at radius 1 is 1.20 bits per heavy atom. The van der Waals surface area contributed by atoms with E-state index in [2.05, 4.69) is 4.90 Å². The zero-order chi connectivity index (χ0) is 14.7. The van der Waals surface area contributed by atoms with E-state index in [1.807, 2.05) is 0 Å². The lowest BCUT2D eigenvalue weighted by molar-refractivity contribution is -0.178. The number of aliphatic hydroxyl groups is 3. The van der Waals surface area contributed by atoms with Crippen LogP contribution in [-0.2, 0) is 9.53 Å². The Labute approximate surface area is 118 Å². The number of rotatable bonds is 3. The van der Waals surface area contributed by atoms with Gasteiger partial charge in [-0.2, -0.15) is 0 Å². The van der Waals surface area contributed by atoms with E-state index < -0.39 is 18.3 Å². The van der Waals surface area contributed by atoms with Gasteiger partial charge in [0.1, 0.15) is 12.2 Å². The molecule has 2 heterocycles. The summed E-state index contributed by atoms with van der Waals surface area (Å²) in [7, 11) is 0. The number of nitrogens with zero attached hydrogens (tertiary/aromatic N) is 2. The molecule has 2 rings (SSSR count). The minimum absolute atomic E-state index is 0.0897. The molecule has 0 saturated carbocycles. The Bertz CT molecular complexity index is 333. The molecule has 0 unspecified atom stereocenters. The third-order valence-corrected chi connectivity index (χ3v) is 4.23. The van der Waals surface area contributed by atoms with Crippen molar-refractivity contribution in [1.82, 2.24) is 9.80 Å². The second kappa shape index (κ2) is 6.82. The molecule has 20 heavy (non-hydrogen) atoms. The second-order valence-corrected chi connectivity index (χ2v) is 5.60. The zero-order valence-corrected chi connectivity index (χ0v) is 11.8. The van der Waals surface area contributed by atoms with Crippen molar-refractivity contribution in [2.45, 2.75) is 25.2 Å². The highest BCUT2D eigenvalue weighted by molar-refractivity contribution is 5.73. The van der Waals surface area contributed by atoms with Gasteiger partial charge in [0, 0.05) is 45.6 Å². The maximum atomic E-state index is 11.3. The third-order valence-electron chi connectivity index (χ3n) is 4.23. The standard InChI is InChI=1S/C13H24N2O5/c1-9(17)15-4-2-14(3-5-15)6-10-8-20-11(7-16)13(19)12(10)18/h10-13,16,18-19H,2-8H2,1H3/t10-,11-,12-,13+/m1/s1. The Kier molecular flexibility index (Phi) is 5.34. The first-order chi connectivity index (χ1) is 9.52. The van der Waals surface area contributed by atoms with E-state index in [1.54, 1.807) is 11.8 Å². The van der Waals surface area contributed by atoms with Gasteiger partial charge in [-0.25, -0.2) is 0 Å². The summed E-state index contributed by atoms with van der Waals surface area (Å²) in [6, 6.07) is 0. The molecule has 0 spiro atoms. The average molecular weight is 288 g/mol. The maximum Gasteiger partial charge on any atom is 0.219 e. The summed E-state index contributed by atoms with van der Waals surface area (Å²) in [5, 5.41) is 28.9. The molecule has 7 heteroatoms. The predicted molar refractivity (Wildman–Crippen MR) is 71.0 cm³/mol. The van der Waals surface area contributed by atoms with Gasteiger partial charge in [-0.15, -0.1) is 0 Å². The van der Waals surface area contributed by atoms with E-state index in [0.717, 1.165) is 13.1 Å². The van der Waals surface area contributed by atoms with Crippen LogP contribution in [0.15, 0.2) is 0 Å². The van der Waals surface area contributed by atoms with Crippen molar-refractivity contribution < 1.29 is 24.9 Å². The first-order valence-electron chi connectivity index (χ1n) is 7.09. The molecule has 2 fully saturated rings. The molecule has 116 valence electrons. The fourth-order valence-electron chi connectivity index (χ4n) is 2.84. The van der Waals surface area contributed by atoms with E-state index in [1.165, 1.54) is 0 Å². The largest absolute Gasteiger partial charge is 0.394 e. The molecule has 1 amide bonds. The van der Waals surface area contributed by atoms with Gasteiger partial charge in [0.15, 0.2) is 0 Å². The Hall–Kier alpha value is -0.730. The average Bonchev–Trinajstić information content (AvgIpc) is 2.45. The van der Waals surface area contributed by atoms with Crippen molar-refractivity contribution >= 4 is 5.91 Å². The van der Waals surface area contributed by atoms with Crippen molar-refractivity contribution in [3.05, 3.63) is 0 Å². The second-order valence-electron chi connectivity index (χ2n) is 5.60. The van der Waals surface area contributed by atoms with Crippen LogP contribution in [0, 0.1) is 5.92 Å². The molecule has 2 saturated heterocycles. The first kappa shape index (κ1) is 15.7. The number of aliphatic hydroxyl groups excluding tert-OH is 3. The van der Waals surface area contributed by atoms with Crippen LogP contribution in [0.2, 0.25) is 0 Å². The summed E-state index contributed by atoms with van der Waals surface area (Å²) >= 11 is 0. The van der Waals surface area contributed by atoms with Crippen LogP contribution in [0.3, 0.4) is 0 Å². The Morgan fingerprint density at radius 3 is 2.40 bits per heavy atom. The Morgan fingerprint density at radius 2 is 1.85 bits per heavy atom. The van der Waals surface area contributed by atoms with Gasteiger partial charge in [0.2, 0.25) is 5.91 Å². The van der Waals surface area contributed by atoms with Crippen molar-refractivity contribution in [3.8, 4) is 0 Å². The summed E-state index contributed by atoms with van der Waals surface area (Å²) in [5.41, 5.74) is 0. The molecule has 7 nitrogen and oxygen atoms in total. The molecular weight excluding hydrogens is 264 g/mol. The fraction of sp³-hybridized carbons (Fsp3) is 0.923. The monoisotopic (exact) mass is 288 g/mol. The van der Waals surface area contributed by atoms with Crippen molar-refractivity contribution in [1.29, 1.82) is 0 Å². The van der Waals surface area contributed by atoms with Gasteiger partial charge in [-0.05, 0) is 0 Å². The molecule has 0 bridgehead atoms. The first-order valence-corrected chi connectivity index (χ1v) is 7.09. The smallest absolute Gasteiger partial charge is 0.219 e. The van der Waals surface area contributed by atoms with Crippen molar-refractivity contribution in [2.24, 2.45) is 5.92 Å². The molecule has 0 radical (unpaired) electrons. The van der Waals surface area contributed by atoms with E-state index in [-0.39, 0.29) is 18.4 Å². The van der Waals surface area contributed by atoms with Crippen molar-refractivity contribution in [3.63, 3.8) is 0 Å². The van der Waals surface area contributed by atoms with Crippen LogP contribution >= 0.6 is 0 Å². The highest BCUT2D eigenvalue weighted by Gasteiger charge is 2.38. The minimum Gasteiger partial charge on any atom is -0.394 e.